The SMILES string of the molecule is NC(=O)c1cccc2c(N[C@H]3CNC[C@@H]3c3ccc(F)c(-c4cccnc4)c3)ncnc12. The van der Waals surface area contributed by atoms with Gasteiger partial charge in [-0.05, 0) is 35.9 Å². The van der Waals surface area contributed by atoms with Crippen molar-refractivity contribution in [3.8, 4) is 11.1 Å². The zero-order valence-corrected chi connectivity index (χ0v) is 17.1. The molecule has 0 radical (unpaired) electrons. The van der Waals surface area contributed by atoms with Gasteiger partial charge in [-0.1, -0.05) is 18.2 Å². The van der Waals surface area contributed by atoms with E-state index in [-0.39, 0.29) is 17.8 Å². The number of aromatic nitrogens is 3. The molecule has 4 aromatic rings. The second-order valence-electron chi connectivity index (χ2n) is 7.78. The Morgan fingerprint density at radius 1 is 1.12 bits per heavy atom. The summed E-state index contributed by atoms with van der Waals surface area (Å²) in [5.41, 5.74) is 8.65. The van der Waals surface area contributed by atoms with Gasteiger partial charge in [-0.25, -0.2) is 14.4 Å². The number of benzene rings is 2. The molecule has 0 saturated carbocycles. The Kier molecular flexibility index (Phi) is 5.20. The van der Waals surface area contributed by atoms with Gasteiger partial charge in [-0.15, -0.1) is 0 Å². The van der Waals surface area contributed by atoms with Crippen molar-refractivity contribution in [2.75, 3.05) is 18.4 Å². The number of halogens is 1. The van der Waals surface area contributed by atoms with Gasteiger partial charge >= 0.3 is 0 Å². The molecule has 0 unspecified atom stereocenters. The van der Waals surface area contributed by atoms with Gasteiger partial charge in [-0.3, -0.25) is 9.78 Å². The summed E-state index contributed by atoms with van der Waals surface area (Å²) < 4.78 is 14.6. The van der Waals surface area contributed by atoms with E-state index in [2.05, 4.69) is 25.6 Å². The first kappa shape index (κ1) is 20.0. The molecular weight excluding hydrogens is 407 g/mol. The van der Waals surface area contributed by atoms with Gasteiger partial charge < -0.3 is 16.4 Å². The van der Waals surface area contributed by atoms with Gasteiger partial charge in [0, 0.05) is 54.0 Å². The number of amides is 1. The van der Waals surface area contributed by atoms with E-state index >= 15 is 0 Å². The molecule has 5 rings (SSSR count). The fraction of sp³-hybridized carbons (Fsp3) is 0.167. The van der Waals surface area contributed by atoms with Crippen LogP contribution in [0.25, 0.3) is 22.0 Å². The molecule has 1 saturated heterocycles. The summed E-state index contributed by atoms with van der Waals surface area (Å²) in [7, 11) is 0. The van der Waals surface area contributed by atoms with Crippen LogP contribution in [0.4, 0.5) is 10.2 Å². The van der Waals surface area contributed by atoms with E-state index in [0.29, 0.717) is 29.0 Å². The maximum atomic E-state index is 14.6. The number of nitrogens with zero attached hydrogens (tertiary/aromatic N) is 3. The number of nitrogens with two attached hydrogens (primary N) is 1. The summed E-state index contributed by atoms with van der Waals surface area (Å²) >= 11 is 0. The second kappa shape index (κ2) is 8.32. The standard InChI is InChI=1S/C24H21FN6O/c25-20-7-6-14(9-18(20)15-3-2-8-27-10-15)19-11-28-12-21(19)31-24-17-5-1-4-16(23(26)32)22(17)29-13-30-24/h1-10,13,19,21,28H,11-12H2,(H2,26,32)(H,29,30,31)/t19-,21+/m1/s1. The largest absolute Gasteiger partial charge is 0.366 e. The van der Waals surface area contributed by atoms with Crippen LogP contribution in [0.15, 0.2) is 67.3 Å². The number of para-hydroxylation sites is 1. The Morgan fingerprint density at radius 2 is 2.03 bits per heavy atom. The van der Waals surface area contributed by atoms with Crippen LogP contribution in [0.3, 0.4) is 0 Å². The highest BCUT2D eigenvalue weighted by atomic mass is 19.1. The first-order chi connectivity index (χ1) is 15.6. The molecule has 32 heavy (non-hydrogen) atoms. The monoisotopic (exact) mass is 428 g/mol. The summed E-state index contributed by atoms with van der Waals surface area (Å²) in [5, 5.41) is 7.63. The number of nitrogens with one attached hydrogen (secondary N) is 2. The molecule has 7 nitrogen and oxygen atoms in total. The van der Waals surface area contributed by atoms with Crippen LogP contribution in [0.1, 0.15) is 21.8 Å². The lowest BCUT2D eigenvalue weighted by Gasteiger charge is -2.22. The van der Waals surface area contributed by atoms with E-state index in [9.17, 15) is 9.18 Å². The Hall–Kier alpha value is -3.91. The molecule has 160 valence electrons. The number of pyridine rings is 1. The second-order valence-corrected chi connectivity index (χ2v) is 7.78. The summed E-state index contributed by atoms with van der Waals surface area (Å²) in [6, 6.07) is 14.2. The maximum Gasteiger partial charge on any atom is 0.250 e. The van der Waals surface area contributed by atoms with Crippen LogP contribution in [-0.2, 0) is 0 Å². The van der Waals surface area contributed by atoms with E-state index in [1.807, 2.05) is 24.3 Å². The quantitative estimate of drug-likeness (QED) is 0.451. The lowest BCUT2D eigenvalue weighted by atomic mass is 9.91. The van der Waals surface area contributed by atoms with Crippen LogP contribution >= 0.6 is 0 Å². The first-order valence-electron chi connectivity index (χ1n) is 10.3. The fourth-order valence-corrected chi connectivity index (χ4v) is 4.27. The van der Waals surface area contributed by atoms with Crippen molar-refractivity contribution in [1.29, 1.82) is 0 Å². The average Bonchev–Trinajstić information content (AvgIpc) is 3.28. The van der Waals surface area contributed by atoms with Crippen LogP contribution in [0.2, 0.25) is 0 Å². The molecule has 0 spiro atoms. The molecule has 1 aliphatic heterocycles. The van der Waals surface area contributed by atoms with E-state index in [1.165, 1.54) is 12.4 Å². The average molecular weight is 428 g/mol. The highest BCUT2D eigenvalue weighted by molar-refractivity contribution is 6.06. The molecule has 2 aromatic heterocycles. The number of hydrogen-bond donors (Lipinski definition) is 3. The minimum absolute atomic E-state index is 0.0116. The van der Waals surface area contributed by atoms with Crippen LogP contribution in [0.5, 0.6) is 0 Å². The van der Waals surface area contributed by atoms with Crippen LogP contribution < -0.4 is 16.4 Å². The normalized spacial score (nSPS) is 18.0. The van der Waals surface area contributed by atoms with E-state index in [1.54, 1.807) is 30.6 Å². The van der Waals surface area contributed by atoms with Crippen molar-refractivity contribution >= 4 is 22.6 Å². The molecule has 1 fully saturated rings. The van der Waals surface area contributed by atoms with Gasteiger partial charge in [0.05, 0.1) is 11.1 Å². The number of fused-ring (bicyclic) bond motifs is 1. The van der Waals surface area contributed by atoms with Crippen molar-refractivity contribution in [1.82, 2.24) is 20.3 Å². The van der Waals surface area contributed by atoms with Crippen molar-refractivity contribution in [2.24, 2.45) is 5.73 Å². The van der Waals surface area contributed by atoms with E-state index < -0.39 is 5.91 Å². The van der Waals surface area contributed by atoms with Gasteiger partial charge in [-0.2, -0.15) is 0 Å². The number of carbonyl (C=O) groups excluding carboxylic acids is 1. The minimum Gasteiger partial charge on any atom is -0.366 e. The Balaban J connectivity index is 1.48. The van der Waals surface area contributed by atoms with Gasteiger partial charge in [0.15, 0.2) is 0 Å². The number of rotatable bonds is 5. The Labute approximate surface area is 183 Å². The third-order valence-corrected chi connectivity index (χ3v) is 5.86. The zero-order valence-electron chi connectivity index (χ0n) is 17.1. The molecular formula is C24H21FN6O. The Bertz CT molecular complexity index is 1300. The third-order valence-electron chi connectivity index (χ3n) is 5.86. The predicted molar refractivity (Wildman–Crippen MR) is 121 cm³/mol. The molecule has 2 aromatic carbocycles. The number of carbonyl (C=O) groups is 1. The lowest BCUT2D eigenvalue weighted by molar-refractivity contribution is 0.100. The topological polar surface area (TPSA) is 106 Å². The molecule has 2 atom stereocenters. The van der Waals surface area contributed by atoms with Gasteiger partial charge in [0.1, 0.15) is 18.0 Å². The van der Waals surface area contributed by atoms with Crippen molar-refractivity contribution in [3.63, 3.8) is 0 Å². The smallest absolute Gasteiger partial charge is 0.250 e. The molecule has 8 heteroatoms. The van der Waals surface area contributed by atoms with E-state index in [0.717, 1.165) is 23.1 Å². The summed E-state index contributed by atoms with van der Waals surface area (Å²) in [4.78, 5) is 24.6. The minimum atomic E-state index is -0.532. The number of hydrogen-bond acceptors (Lipinski definition) is 6. The molecule has 4 N–H and O–H groups in total. The third kappa shape index (κ3) is 3.65. The number of primary amides is 1. The summed E-state index contributed by atoms with van der Waals surface area (Å²) in [6.07, 6.45) is 4.75. The van der Waals surface area contributed by atoms with Gasteiger partial charge in [0.25, 0.3) is 5.91 Å². The maximum absolute atomic E-state index is 14.6. The Morgan fingerprint density at radius 3 is 2.84 bits per heavy atom. The first-order valence-corrected chi connectivity index (χ1v) is 10.3. The highest BCUT2D eigenvalue weighted by Gasteiger charge is 2.30. The highest BCUT2D eigenvalue weighted by Crippen LogP contribution is 2.32. The fourth-order valence-electron chi connectivity index (χ4n) is 4.27. The summed E-state index contributed by atoms with van der Waals surface area (Å²) in [6.45, 7) is 1.45. The number of anilines is 1. The van der Waals surface area contributed by atoms with Gasteiger partial charge in [0.2, 0.25) is 0 Å². The molecule has 0 aliphatic carbocycles. The lowest BCUT2D eigenvalue weighted by Crippen LogP contribution is -2.28. The molecule has 1 aliphatic rings. The van der Waals surface area contributed by atoms with Crippen molar-refractivity contribution in [3.05, 3.63) is 84.2 Å². The van der Waals surface area contributed by atoms with Crippen molar-refractivity contribution in [2.45, 2.75) is 12.0 Å². The molecule has 0 bridgehead atoms. The summed E-state index contributed by atoms with van der Waals surface area (Å²) in [5.74, 6) is -0.0883. The van der Waals surface area contributed by atoms with Crippen LogP contribution in [-0.4, -0.2) is 40.0 Å². The van der Waals surface area contributed by atoms with E-state index in [4.69, 9.17) is 5.73 Å². The van der Waals surface area contributed by atoms with Crippen LogP contribution in [0, 0.1) is 5.82 Å². The molecule has 1 amide bonds. The zero-order chi connectivity index (χ0) is 22.1. The molecule has 3 heterocycles. The van der Waals surface area contributed by atoms with Crippen molar-refractivity contribution < 1.29 is 9.18 Å². The predicted octanol–water partition coefficient (Wildman–Crippen LogP) is 3.10.